The second-order valence-corrected chi connectivity index (χ2v) is 6.57. The van der Waals surface area contributed by atoms with Crippen molar-refractivity contribution in [2.75, 3.05) is 6.61 Å². The maximum absolute atomic E-state index is 10.6. The van der Waals surface area contributed by atoms with Crippen LogP contribution >= 0.6 is 31.9 Å². The van der Waals surface area contributed by atoms with Gasteiger partial charge in [-0.25, -0.2) is 0 Å². The number of ether oxygens (including phenoxy) is 1. The van der Waals surface area contributed by atoms with Crippen molar-refractivity contribution in [2.45, 2.75) is 26.4 Å². The maximum atomic E-state index is 10.6. The summed E-state index contributed by atoms with van der Waals surface area (Å²) in [7, 11) is 0. The standard InChI is InChI=1S/C17H18Br2O2/c1-3-9-21-15-8-7-12(10-14(15)18)17(20)13-6-4-5-11(2)16(13)19/h4-8,10,17,20H,3,9H2,1-2H3. The van der Waals surface area contributed by atoms with Crippen molar-refractivity contribution in [1.29, 1.82) is 0 Å². The molecule has 0 aliphatic rings. The molecule has 0 saturated carbocycles. The van der Waals surface area contributed by atoms with E-state index >= 15 is 0 Å². The largest absolute Gasteiger partial charge is 0.492 e. The second kappa shape index (κ2) is 7.43. The van der Waals surface area contributed by atoms with Gasteiger partial charge in [0.1, 0.15) is 11.9 Å². The van der Waals surface area contributed by atoms with Gasteiger partial charge < -0.3 is 9.84 Å². The Morgan fingerprint density at radius 3 is 2.62 bits per heavy atom. The topological polar surface area (TPSA) is 29.5 Å². The first-order chi connectivity index (χ1) is 10.0. The lowest BCUT2D eigenvalue weighted by Gasteiger charge is -2.16. The van der Waals surface area contributed by atoms with Gasteiger partial charge >= 0.3 is 0 Å². The van der Waals surface area contributed by atoms with Gasteiger partial charge in [0.2, 0.25) is 0 Å². The minimum absolute atomic E-state index is 0.671. The summed E-state index contributed by atoms with van der Waals surface area (Å²) in [6.07, 6.45) is 0.295. The van der Waals surface area contributed by atoms with Gasteiger partial charge in [-0.3, -0.25) is 0 Å². The van der Waals surface area contributed by atoms with Crippen molar-refractivity contribution < 1.29 is 9.84 Å². The van der Waals surface area contributed by atoms with E-state index in [4.69, 9.17) is 4.74 Å². The number of aryl methyl sites for hydroxylation is 1. The molecule has 0 amide bonds. The molecule has 112 valence electrons. The zero-order valence-electron chi connectivity index (χ0n) is 12.1. The predicted octanol–water partition coefficient (Wildman–Crippen LogP) is 5.39. The van der Waals surface area contributed by atoms with Gasteiger partial charge in [0.05, 0.1) is 11.1 Å². The summed E-state index contributed by atoms with van der Waals surface area (Å²) < 4.78 is 7.43. The molecular weight excluding hydrogens is 396 g/mol. The van der Waals surface area contributed by atoms with Gasteiger partial charge in [-0.05, 0) is 58.1 Å². The van der Waals surface area contributed by atoms with Crippen molar-refractivity contribution in [3.63, 3.8) is 0 Å². The second-order valence-electron chi connectivity index (χ2n) is 4.92. The van der Waals surface area contributed by atoms with Gasteiger partial charge in [-0.2, -0.15) is 0 Å². The van der Waals surface area contributed by atoms with Gasteiger partial charge in [-0.15, -0.1) is 0 Å². The summed E-state index contributed by atoms with van der Waals surface area (Å²) in [4.78, 5) is 0. The summed E-state index contributed by atoms with van der Waals surface area (Å²) in [5.74, 6) is 0.802. The molecule has 0 aliphatic heterocycles. The highest BCUT2D eigenvalue weighted by Gasteiger charge is 2.16. The number of rotatable bonds is 5. The zero-order valence-corrected chi connectivity index (χ0v) is 15.2. The monoisotopic (exact) mass is 412 g/mol. The van der Waals surface area contributed by atoms with E-state index in [9.17, 15) is 5.11 Å². The minimum Gasteiger partial charge on any atom is -0.492 e. The van der Waals surface area contributed by atoms with E-state index in [0.29, 0.717) is 6.61 Å². The Morgan fingerprint density at radius 1 is 1.19 bits per heavy atom. The Hall–Kier alpha value is -0.840. The van der Waals surface area contributed by atoms with Gasteiger partial charge in [0.25, 0.3) is 0 Å². The Labute approximate surface area is 142 Å². The number of hydrogen-bond donors (Lipinski definition) is 1. The lowest BCUT2D eigenvalue weighted by Crippen LogP contribution is -2.02. The molecule has 2 aromatic rings. The van der Waals surface area contributed by atoms with E-state index in [1.54, 1.807) is 0 Å². The van der Waals surface area contributed by atoms with Gasteiger partial charge in [0, 0.05) is 4.47 Å². The predicted molar refractivity (Wildman–Crippen MR) is 92.9 cm³/mol. The number of halogens is 2. The number of hydrogen-bond acceptors (Lipinski definition) is 2. The van der Waals surface area contributed by atoms with E-state index < -0.39 is 6.10 Å². The molecule has 21 heavy (non-hydrogen) atoms. The molecule has 0 radical (unpaired) electrons. The maximum Gasteiger partial charge on any atom is 0.133 e. The van der Waals surface area contributed by atoms with Crippen LogP contribution in [-0.4, -0.2) is 11.7 Å². The summed E-state index contributed by atoms with van der Waals surface area (Å²) in [6.45, 7) is 4.77. The molecule has 2 aromatic carbocycles. The van der Waals surface area contributed by atoms with Crippen LogP contribution in [0.1, 0.15) is 36.1 Å². The number of benzene rings is 2. The molecule has 0 spiro atoms. The smallest absolute Gasteiger partial charge is 0.133 e. The first-order valence-corrected chi connectivity index (χ1v) is 8.48. The highest BCUT2D eigenvalue weighted by atomic mass is 79.9. The van der Waals surface area contributed by atoms with Crippen molar-refractivity contribution in [3.8, 4) is 5.75 Å². The number of aliphatic hydroxyl groups is 1. The first kappa shape index (κ1) is 16.5. The third-order valence-corrected chi connectivity index (χ3v) is 4.95. The van der Waals surface area contributed by atoms with E-state index in [1.807, 2.05) is 43.3 Å². The lowest BCUT2D eigenvalue weighted by molar-refractivity contribution is 0.219. The highest BCUT2D eigenvalue weighted by molar-refractivity contribution is 9.10. The van der Waals surface area contributed by atoms with E-state index in [0.717, 1.165) is 37.8 Å². The average molecular weight is 414 g/mol. The minimum atomic E-state index is -0.671. The molecule has 0 aromatic heterocycles. The first-order valence-electron chi connectivity index (χ1n) is 6.90. The molecule has 0 fully saturated rings. The van der Waals surface area contributed by atoms with E-state index in [-0.39, 0.29) is 0 Å². The summed E-state index contributed by atoms with van der Waals surface area (Å²) in [5.41, 5.74) is 2.80. The molecule has 1 atom stereocenters. The van der Waals surface area contributed by atoms with Crippen LogP contribution in [0.5, 0.6) is 5.75 Å². The van der Waals surface area contributed by atoms with Crippen LogP contribution in [0.25, 0.3) is 0 Å². The Morgan fingerprint density at radius 2 is 1.95 bits per heavy atom. The lowest BCUT2D eigenvalue weighted by atomic mass is 10.00. The van der Waals surface area contributed by atoms with Crippen LogP contribution < -0.4 is 4.74 Å². The molecule has 1 N–H and O–H groups in total. The molecule has 0 bridgehead atoms. The quantitative estimate of drug-likeness (QED) is 0.711. The van der Waals surface area contributed by atoms with Crippen molar-refractivity contribution in [2.24, 2.45) is 0 Å². The molecule has 1 unspecified atom stereocenters. The van der Waals surface area contributed by atoms with Gasteiger partial charge in [-0.1, -0.05) is 47.1 Å². The van der Waals surface area contributed by atoms with E-state index in [1.165, 1.54) is 0 Å². The van der Waals surface area contributed by atoms with Gasteiger partial charge in [0.15, 0.2) is 0 Å². The highest BCUT2D eigenvalue weighted by Crippen LogP contribution is 2.34. The van der Waals surface area contributed by atoms with Crippen LogP contribution in [0.15, 0.2) is 45.3 Å². The zero-order chi connectivity index (χ0) is 15.4. The summed E-state index contributed by atoms with van der Waals surface area (Å²) in [5, 5.41) is 10.6. The van der Waals surface area contributed by atoms with Crippen LogP contribution in [0.2, 0.25) is 0 Å². The fourth-order valence-electron chi connectivity index (χ4n) is 2.08. The fraction of sp³-hybridized carbons (Fsp3) is 0.294. The third kappa shape index (κ3) is 3.87. The molecule has 2 nitrogen and oxygen atoms in total. The molecule has 0 aliphatic carbocycles. The van der Waals surface area contributed by atoms with Crippen LogP contribution in [0.3, 0.4) is 0 Å². The van der Waals surface area contributed by atoms with Crippen LogP contribution in [-0.2, 0) is 0 Å². The van der Waals surface area contributed by atoms with E-state index in [2.05, 4.69) is 38.8 Å². The third-order valence-electron chi connectivity index (χ3n) is 3.25. The van der Waals surface area contributed by atoms with Crippen molar-refractivity contribution in [1.82, 2.24) is 0 Å². The Bertz CT molecular complexity index is 626. The molecule has 0 saturated heterocycles. The van der Waals surface area contributed by atoms with Crippen molar-refractivity contribution >= 4 is 31.9 Å². The molecule has 4 heteroatoms. The molecule has 2 rings (SSSR count). The van der Waals surface area contributed by atoms with Crippen LogP contribution in [0, 0.1) is 6.92 Å². The number of aliphatic hydroxyl groups excluding tert-OH is 1. The Balaban J connectivity index is 2.29. The van der Waals surface area contributed by atoms with Crippen molar-refractivity contribution in [3.05, 3.63) is 62.0 Å². The molecule has 0 heterocycles. The molecular formula is C17H18Br2O2. The average Bonchev–Trinajstić information content (AvgIpc) is 2.48. The van der Waals surface area contributed by atoms with Crippen LogP contribution in [0.4, 0.5) is 0 Å². The summed E-state index contributed by atoms with van der Waals surface area (Å²) in [6, 6.07) is 11.6. The normalized spacial score (nSPS) is 12.2. The fourth-order valence-corrected chi connectivity index (χ4v) is 3.07. The SMILES string of the molecule is CCCOc1ccc(C(O)c2cccc(C)c2Br)cc1Br. The Kier molecular flexibility index (Phi) is 5.85. The summed E-state index contributed by atoms with van der Waals surface area (Å²) >= 11 is 7.05.